The summed E-state index contributed by atoms with van der Waals surface area (Å²) < 4.78 is 15.5. The van der Waals surface area contributed by atoms with Crippen LogP contribution >= 0.6 is 0 Å². The minimum atomic E-state index is -0.274. The van der Waals surface area contributed by atoms with Crippen LogP contribution in [0.3, 0.4) is 0 Å². The fourth-order valence-corrected chi connectivity index (χ4v) is 6.85. The molecule has 0 bridgehead atoms. The second-order valence-corrected chi connectivity index (χ2v) is 12.0. The van der Waals surface area contributed by atoms with Crippen molar-refractivity contribution in [3.8, 4) is 5.69 Å². The standard InChI is InChI=1S/C33H37FN6O/c1-22-30-31(38-16-18-39(19-17-38)33(41)28-21-27(28)24-10-6-3-7-11-24)35-29(20-23-8-4-2-5-9-23)36-32(30)40(37-22)26-14-12-25(34)13-15-26/h3,6-7,10-15,23,27-28H,2,4-5,8-9,16-21H2,1H3/t27-,28-/m0/s1. The fraction of sp³-hybridized carbons (Fsp3) is 0.455. The maximum absolute atomic E-state index is 13.7. The van der Waals surface area contributed by atoms with Crippen LogP contribution in [-0.4, -0.2) is 56.7 Å². The molecule has 3 fully saturated rings. The van der Waals surface area contributed by atoms with Crippen molar-refractivity contribution in [1.82, 2.24) is 24.6 Å². The van der Waals surface area contributed by atoms with E-state index in [0.717, 1.165) is 60.0 Å². The van der Waals surface area contributed by atoms with Gasteiger partial charge in [0.1, 0.15) is 17.5 Å². The van der Waals surface area contributed by atoms with E-state index in [2.05, 4.69) is 29.2 Å². The van der Waals surface area contributed by atoms with E-state index in [-0.39, 0.29) is 17.6 Å². The number of aromatic nitrogens is 4. The quantitative estimate of drug-likeness (QED) is 0.301. The molecule has 7 nitrogen and oxygen atoms in total. The zero-order valence-electron chi connectivity index (χ0n) is 23.7. The van der Waals surface area contributed by atoms with Crippen LogP contribution in [0, 0.1) is 24.6 Å². The minimum absolute atomic E-state index is 0.105. The molecule has 1 aliphatic heterocycles. The lowest BCUT2D eigenvalue weighted by atomic mass is 9.87. The summed E-state index contributed by atoms with van der Waals surface area (Å²) in [6.07, 6.45) is 8.11. The number of amides is 1. The van der Waals surface area contributed by atoms with Crippen LogP contribution in [0.1, 0.15) is 61.5 Å². The molecule has 1 saturated heterocycles. The molecule has 0 radical (unpaired) electrons. The van der Waals surface area contributed by atoms with Crippen LogP contribution in [-0.2, 0) is 11.2 Å². The third-order valence-electron chi connectivity index (χ3n) is 9.22. The van der Waals surface area contributed by atoms with Crippen molar-refractivity contribution in [2.45, 2.75) is 57.8 Å². The Kier molecular flexibility index (Phi) is 6.93. The van der Waals surface area contributed by atoms with Crippen LogP contribution in [0.15, 0.2) is 54.6 Å². The number of hydrogen-bond donors (Lipinski definition) is 0. The number of aryl methyl sites for hydroxylation is 1. The number of hydrogen-bond acceptors (Lipinski definition) is 5. The lowest BCUT2D eigenvalue weighted by Crippen LogP contribution is -2.49. The predicted molar refractivity (Wildman–Crippen MR) is 158 cm³/mol. The molecule has 2 atom stereocenters. The number of carbonyl (C=O) groups is 1. The monoisotopic (exact) mass is 552 g/mol. The van der Waals surface area contributed by atoms with Crippen LogP contribution < -0.4 is 4.90 Å². The topological polar surface area (TPSA) is 67.2 Å². The molecule has 8 heteroatoms. The number of rotatable bonds is 6. The minimum Gasteiger partial charge on any atom is -0.352 e. The number of fused-ring (bicyclic) bond motifs is 1. The van der Waals surface area contributed by atoms with Gasteiger partial charge in [-0.15, -0.1) is 0 Å². The van der Waals surface area contributed by atoms with Crippen molar-refractivity contribution in [3.63, 3.8) is 0 Å². The molecular weight excluding hydrogens is 515 g/mol. The second kappa shape index (κ2) is 10.9. The summed E-state index contributed by atoms with van der Waals surface area (Å²) >= 11 is 0. The largest absolute Gasteiger partial charge is 0.352 e. The van der Waals surface area contributed by atoms with Gasteiger partial charge in [0, 0.05) is 38.5 Å². The molecule has 2 aromatic heterocycles. The van der Waals surface area contributed by atoms with Gasteiger partial charge in [-0.2, -0.15) is 5.10 Å². The molecule has 2 aromatic carbocycles. The predicted octanol–water partition coefficient (Wildman–Crippen LogP) is 5.84. The van der Waals surface area contributed by atoms with Gasteiger partial charge in [-0.1, -0.05) is 62.4 Å². The number of halogens is 1. The highest BCUT2D eigenvalue weighted by Crippen LogP contribution is 2.48. The molecule has 0 spiro atoms. The van der Waals surface area contributed by atoms with E-state index in [9.17, 15) is 9.18 Å². The Labute approximate surface area is 240 Å². The summed E-state index contributed by atoms with van der Waals surface area (Å²) in [5.74, 6) is 2.83. The van der Waals surface area contributed by atoms with Gasteiger partial charge in [0.15, 0.2) is 5.65 Å². The lowest BCUT2D eigenvalue weighted by Gasteiger charge is -2.36. The second-order valence-electron chi connectivity index (χ2n) is 12.0. The Bertz CT molecular complexity index is 1540. The molecule has 1 amide bonds. The molecule has 7 rings (SSSR count). The van der Waals surface area contributed by atoms with Gasteiger partial charge in [-0.3, -0.25) is 4.79 Å². The Morgan fingerprint density at radius 1 is 0.927 bits per heavy atom. The smallest absolute Gasteiger partial charge is 0.226 e. The summed E-state index contributed by atoms with van der Waals surface area (Å²) in [7, 11) is 0. The molecule has 212 valence electrons. The third-order valence-corrected chi connectivity index (χ3v) is 9.22. The van der Waals surface area contributed by atoms with Crippen LogP contribution in [0.5, 0.6) is 0 Å². The van der Waals surface area contributed by atoms with Gasteiger partial charge in [0.25, 0.3) is 0 Å². The van der Waals surface area contributed by atoms with E-state index in [1.165, 1.54) is 49.8 Å². The molecule has 0 unspecified atom stereocenters. The van der Waals surface area contributed by atoms with Crippen molar-refractivity contribution in [3.05, 3.63) is 77.5 Å². The maximum Gasteiger partial charge on any atom is 0.226 e. The molecule has 41 heavy (non-hydrogen) atoms. The van der Waals surface area contributed by atoms with Gasteiger partial charge in [-0.05, 0) is 55.0 Å². The molecule has 2 saturated carbocycles. The van der Waals surface area contributed by atoms with Gasteiger partial charge in [0.2, 0.25) is 5.91 Å². The maximum atomic E-state index is 13.7. The van der Waals surface area contributed by atoms with E-state index in [1.807, 2.05) is 22.6 Å². The first kappa shape index (κ1) is 26.1. The Balaban J connectivity index is 1.15. The Hall–Kier alpha value is -3.81. The van der Waals surface area contributed by atoms with E-state index in [1.54, 1.807) is 12.1 Å². The average molecular weight is 553 g/mol. The SMILES string of the molecule is Cc1nn(-c2ccc(F)cc2)c2nc(CC3CCCCC3)nc(N3CCN(C(=O)[C@H]4C[C@H]4c4ccccc4)CC3)c12. The normalized spacial score (nSPS) is 21.4. The summed E-state index contributed by atoms with van der Waals surface area (Å²) in [5.41, 5.74) is 3.68. The zero-order chi connectivity index (χ0) is 27.9. The highest BCUT2D eigenvalue weighted by atomic mass is 19.1. The summed E-state index contributed by atoms with van der Waals surface area (Å²) in [6.45, 7) is 4.82. The molecular formula is C33H37FN6O. The zero-order valence-corrected chi connectivity index (χ0v) is 23.7. The summed E-state index contributed by atoms with van der Waals surface area (Å²) in [4.78, 5) is 27.9. The van der Waals surface area contributed by atoms with Crippen LogP contribution in [0.25, 0.3) is 16.7 Å². The van der Waals surface area contributed by atoms with Crippen molar-refractivity contribution < 1.29 is 9.18 Å². The first-order valence-electron chi connectivity index (χ1n) is 15.2. The van der Waals surface area contributed by atoms with Crippen molar-refractivity contribution >= 4 is 22.8 Å². The van der Waals surface area contributed by atoms with Gasteiger partial charge >= 0.3 is 0 Å². The Morgan fingerprint density at radius 3 is 2.39 bits per heavy atom. The molecule has 3 heterocycles. The number of piperazine rings is 1. The number of nitrogens with zero attached hydrogens (tertiary/aromatic N) is 6. The number of carbonyl (C=O) groups excluding carboxylic acids is 1. The molecule has 2 aliphatic carbocycles. The van der Waals surface area contributed by atoms with Gasteiger partial charge in [-0.25, -0.2) is 19.0 Å². The molecule has 0 N–H and O–H groups in total. The molecule has 3 aliphatic rings. The van der Waals surface area contributed by atoms with E-state index < -0.39 is 0 Å². The highest BCUT2D eigenvalue weighted by molar-refractivity contribution is 5.91. The molecule has 4 aromatic rings. The lowest BCUT2D eigenvalue weighted by molar-refractivity contribution is -0.133. The van der Waals surface area contributed by atoms with Crippen LogP contribution in [0.4, 0.5) is 10.2 Å². The van der Waals surface area contributed by atoms with Crippen LogP contribution in [0.2, 0.25) is 0 Å². The van der Waals surface area contributed by atoms with Crippen molar-refractivity contribution in [1.29, 1.82) is 0 Å². The summed E-state index contributed by atoms with van der Waals surface area (Å²) in [6, 6.07) is 16.8. The first-order valence-corrected chi connectivity index (χ1v) is 15.2. The third kappa shape index (κ3) is 5.20. The van der Waals surface area contributed by atoms with E-state index in [4.69, 9.17) is 15.1 Å². The fourth-order valence-electron chi connectivity index (χ4n) is 6.85. The van der Waals surface area contributed by atoms with Crippen molar-refractivity contribution in [2.75, 3.05) is 31.1 Å². The Morgan fingerprint density at radius 2 is 1.66 bits per heavy atom. The van der Waals surface area contributed by atoms with Gasteiger partial charge in [0.05, 0.1) is 16.8 Å². The van der Waals surface area contributed by atoms with E-state index >= 15 is 0 Å². The van der Waals surface area contributed by atoms with E-state index in [0.29, 0.717) is 24.9 Å². The summed E-state index contributed by atoms with van der Waals surface area (Å²) in [5, 5.41) is 5.78. The first-order chi connectivity index (χ1) is 20.0. The average Bonchev–Trinajstić information content (AvgIpc) is 3.75. The number of anilines is 1. The van der Waals surface area contributed by atoms with Gasteiger partial charge < -0.3 is 9.80 Å². The number of benzene rings is 2. The highest BCUT2D eigenvalue weighted by Gasteiger charge is 2.46. The van der Waals surface area contributed by atoms with Crippen molar-refractivity contribution in [2.24, 2.45) is 11.8 Å².